The molecule has 0 radical (unpaired) electrons. The summed E-state index contributed by atoms with van der Waals surface area (Å²) in [6.07, 6.45) is 3.13. The lowest BCUT2D eigenvalue weighted by Crippen LogP contribution is -2.32. The fraction of sp³-hybridized carbons (Fsp3) is 0.240. The van der Waals surface area contributed by atoms with Gasteiger partial charge in [-0.25, -0.2) is 4.79 Å². The molecule has 6 nitrogen and oxygen atoms in total. The molecule has 3 aromatic rings. The van der Waals surface area contributed by atoms with Crippen LogP contribution in [-0.2, 0) is 16.1 Å². The van der Waals surface area contributed by atoms with Crippen molar-refractivity contribution in [2.24, 2.45) is 0 Å². The Balaban J connectivity index is 2.20. The van der Waals surface area contributed by atoms with Crippen LogP contribution in [0.25, 0.3) is 12.2 Å². The maximum absolute atomic E-state index is 13.3. The number of ether oxygens (including phenoxy) is 2. The molecule has 0 aliphatic heterocycles. The van der Waals surface area contributed by atoms with Crippen LogP contribution >= 0.6 is 11.3 Å². The third-order valence-corrected chi connectivity index (χ3v) is 5.88. The summed E-state index contributed by atoms with van der Waals surface area (Å²) >= 11 is 1.21. The minimum absolute atomic E-state index is 0.0849. The lowest BCUT2D eigenvalue weighted by Gasteiger charge is -2.10. The maximum atomic E-state index is 13.3. The molecule has 3 rings (SSSR count). The smallest absolute Gasteiger partial charge is 0.333 e. The van der Waals surface area contributed by atoms with Gasteiger partial charge in [0, 0.05) is 11.1 Å². The minimum Gasteiger partial charge on any atom is -0.496 e. The molecule has 0 atom stereocenters. The van der Waals surface area contributed by atoms with Gasteiger partial charge >= 0.3 is 5.97 Å². The average Bonchev–Trinajstić information content (AvgIpc) is 3.02. The Hall–Kier alpha value is -3.45. The van der Waals surface area contributed by atoms with Gasteiger partial charge in [0.15, 0.2) is 5.78 Å². The number of aromatic nitrogens is 1. The number of nitrogens with zero attached hydrogens (tertiary/aromatic N) is 1. The second-order valence-corrected chi connectivity index (χ2v) is 8.30. The highest BCUT2D eigenvalue weighted by Crippen LogP contribution is 2.20. The lowest BCUT2D eigenvalue weighted by atomic mass is 10.1. The summed E-state index contributed by atoms with van der Waals surface area (Å²) in [5.74, 6) is -0.0493. The molecule has 0 unspecified atom stereocenters. The quantitative estimate of drug-likeness (QED) is 0.408. The van der Waals surface area contributed by atoms with Crippen molar-refractivity contribution in [1.29, 1.82) is 0 Å². The van der Waals surface area contributed by atoms with Gasteiger partial charge in [0.05, 0.1) is 30.9 Å². The third kappa shape index (κ3) is 5.42. The first-order chi connectivity index (χ1) is 15.3. The Bertz CT molecular complexity index is 1330. The van der Waals surface area contributed by atoms with E-state index in [1.165, 1.54) is 36.0 Å². The number of benzene rings is 2. The molecule has 1 aromatic heterocycles. The van der Waals surface area contributed by atoms with Crippen molar-refractivity contribution in [3.63, 3.8) is 0 Å². The Labute approximate surface area is 190 Å². The number of ketones is 1. The van der Waals surface area contributed by atoms with Crippen molar-refractivity contribution >= 4 is 35.2 Å². The Morgan fingerprint density at radius 3 is 2.59 bits per heavy atom. The van der Waals surface area contributed by atoms with Crippen LogP contribution in [0.4, 0.5) is 0 Å². The molecule has 7 heteroatoms. The number of esters is 1. The van der Waals surface area contributed by atoms with Crippen LogP contribution in [0.2, 0.25) is 0 Å². The molecule has 0 saturated heterocycles. The molecule has 0 bridgehead atoms. The largest absolute Gasteiger partial charge is 0.496 e. The van der Waals surface area contributed by atoms with E-state index in [1.807, 2.05) is 37.3 Å². The van der Waals surface area contributed by atoms with Crippen LogP contribution < -0.4 is 19.5 Å². The predicted octanol–water partition coefficient (Wildman–Crippen LogP) is 2.65. The van der Waals surface area contributed by atoms with Gasteiger partial charge in [0.25, 0.3) is 5.56 Å². The molecule has 0 N–H and O–H groups in total. The Kier molecular flexibility index (Phi) is 7.43. The normalized spacial score (nSPS) is 12.1. The molecule has 0 spiro atoms. The summed E-state index contributed by atoms with van der Waals surface area (Å²) in [6.45, 7) is 5.58. The number of hydrogen-bond donors (Lipinski definition) is 0. The molecular weight excluding hydrogens is 426 g/mol. The first-order valence-corrected chi connectivity index (χ1v) is 11.0. The van der Waals surface area contributed by atoms with Gasteiger partial charge in [-0.2, -0.15) is 0 Å². The summed E-state index contributed by atoms with van der Waals surface area (Å²) in [4.78, 5) is 37.3. The number of Topliss-reactive ketones (excluding diaryl/α,β-unsaturated/α-hetero) is 1. The van der Waals surface area contributed by atoms with E-state index in [-0.39, 0.29) is 24.5 Å². The van der Waals surface area contributed by atoms with Gasteiger partial charge in [-0.15, -0.1) is 11.3 Å². The van der Waals surface area contributed by atoms with Gasteiger partial charge in [0.2, 0.25) is 0 Å². The summed E-state index contributed by atoms with van der Waals surface area (Å²) in [6, 6.07) is 12.9. The second kappa shape index (κ2) is 10.2. The summed E-state index contributed by atoms with van der Waals surface area (Å²) < 4.78 is 12.9. The Morgan fingerprint density at radius 2 is 1.94 bits per heavy atom. The molecule has 0 aliphatic rings. The standard InChI is InChI=1S/C25H25NO5S/c1-5-31-24(28)14-23-26(15-20-13-19(17(3)27)9-10-21(20)30-4)25(29)22(32-23)12-18-8-6-7-16(2)11-18/h6-14H,5,15H2,1-4H3/b22-12-,23-14+. The van der Waals surface area contributed by atoms with Crippen molar-refractivity contribution in [3.05, 3.63) is 84.3 Å². The topological polar surface area (TPSA) is 74.6 Å². The molecule has 2 aromatic carbocycles. The maximum Gasteiger partial charge on any atom is 0.333 e. The molecule has 1 heterocycles. The SMILES string of the molecule is CCOC(=O)/C=c1/s/c(=C\c2cccc(C)c2)c(=O)n1Cc1cc(C(C)=O)ccc1OC. The van der Waals surface area contributed by atoms with Gasteiger partial charge in [-0.3, -0.25) is 14.2 Å². The van der Waals surface area contributed by atoms with Crippen LogP contribution in [0.1, 0.15) is 40.9 Å². The fourth-order valence-corrected chi connectivity index (χ4v) is 4.31. The van der Waals surface area contributed by atoms with Crippen LogP contribution in [0.5, 0.6) is 5.75 Å². The van der Waals surface area contributed by atoms with E-state index in [4.69, 9.17) is 9.47 Å². The van der Waals surface area contributed by atoms with Crippen molar-refractivity contribution in [3.8, 4) is 5.75 Å². The molecule has 0 aliphatic carbocycles. The minimum atomic E-state index is -0.519. The van der Waals surface area contributed by atoms with E-state index in [0.717, 1.165) is 11.1 Å². The van der Waals surface area contributed by atoms with Crippen molar-refractivity contribution < 1.29 is 19.1 Å². The van der Waals surface area contributed by atoms with E-state index in [0.29, 0.717) is 26.1 Å². The van der Waals surface area contributed by atoms with E-state index < -0.39 is 5.97 Å². The first kappa shape index (κ1) is 23.2. The molecule has 0 fully saturated rings. The van der Waals surface area contributed by atoms with E-state index >= 15 is 0 Å². The molecule has 166 valence electrons. The number of carbonyl (C=O) groups excluding carboxylic acids is 2. The van der Waals surface area contributed by atoms with E-state index in [1.54, 1.807) is 25.1 Å². The van der Waals surface area contributed by atoms with Crippen LogP contribution in [0.15, 0.2) is 47.3 Å². The fourth-order valence-electron chi connectivity index (χ4n) is 3.28. The average molecular weight is 452 g/mol. The van der Waals surface area contributed by atoms with Crippen molar-refractivity contribution in [2.75, 3.05) is 13.7 Å². The number of thiazole rings is 1. The molecule has 0 amide bonds. The number of carbonyl (C=O) groups is 2. The zero-order valence-electron chi connectivity index (χ0n) is 18.5. The molecular formula is C25H25NO5S. The lowest BCUT2D eigenvalue weighted by molar-refractivity contribution is -0.135. The molecule has 0 saturated carbocycles. The summed E-state index contributed by atoms with van der Waals surface area (Å²) in [7, 11) is 1.53. The van der Waals surface area contributed by atoms with Crippen molar-refractivity contribution in [1.82, 2.24) is 4.57 Å². The van der Waals surface area contributed by atoms with E-state index in [9.17, 15) is 14.4 Å². The van der Waals surface area contributed by atoms with Crippen LogP contribution in [0, 0.1) is 6.92 Å². The third-order valence-electron chi connectivity index (χ3n) is 4.82. The van der Waals surface area contributed by atoms with Gasteiger partial charge in [0.1, 0.15) is 10.4 Å². The summed E-state index contributed by atoms with van der Waals surface area (Å²) in [5.41, 5.74) is 2.93. The monoisotopic (exact) mass is 451 g/mol. The predicted molar refractivity (Wildman–Crippen MR) is 126 cm³/mol. The van der Waals surface area contributed by atoms with Gasteiger partial charge in [-0.1, -0.05) is 29.8 Å². The number of rotatable bonds is 7. The van der Waals surface area contributed by atoms with E-state index in [2.05, 4.69) is 0 Å². The number of hydrogen-bond acceptors (Lipinski definition) is 6. The highest BCUT2D eigenvalue weighted by molar-refractivity contribution is 7.07. The first-order valence-electron chi connectivity index (χ1n) is 10.2. The second-order valence-electron chi connectivity index (χ2n) is 7.23. The Morgan fingerprint density at radius 1 is 1.16 bits per heavy atom. The van der Waals surface area contributed by atoms with Gasteiger partial charge < -0.3 is 9.47 Å². The zero-order chi connectivity index (χ0) is 23.3. The number of aryl methyl sites for hydroxylation is 1. The van der Waals surface area contributed by atoms with Gasteiger partial charge in [-0.05, 0) is 50.6 Å². The molecule has 32 heavy (non-hydrogen) atoms. The van der Waals surface area contributed by atoms with Crippen molar-refractivity contribution in [2.45, 2.75) is 27.3 Å². The van der Waals surface area contributed by atoms with Crippen LogP contribution in [-0.4, -0.2) is 30.0 Å². The number of methoxy groups -OCH3 is 1. The van der Waals surface area contributed by atoms with Crippen LogP contribution in [0.3, 0.4) is 0 Å². The highest BCUT2D eigenvalue weighted by Gasteiger charge is 2.13. The highest BCUT2D eigenvalue weighted by atomic mass is 32.1. The summed E-state index contributed by atoms with van der Waals surface area (Å²) in [5, 5.41) is 0. The zero-order valence-corrected chi connectivity index (χ0v) is 19.3.